The summed E-state index contributed by atoms with van der Waals surface area (Å²) in [6.45, 7) is 10.8. The molecular weight excluding hydrogens is 393 g/mol. The van der Waals surface area contributed by atoms with Crippen molar-refractivity contribution < 1.29 is 20.8 Å². The zero-order valence-electron chi connectivity index (χ0n) is 15.7. The molecule has 1 aromatic carbocycles. The number of aryl methyl sites for hydroxylation is 1. The molecule has 2 rings (SSSR count). The number of allylic oxidation sites excluding steroid dienone is 3. The molecule has 0 heterocycles. The molecule has 24 heavy (non-hydrogen) atoms. The second kappa shape index (κ2) is 10.1. The van der Waals surface area contributed by atoms with E-state index in [9.17, 15) is 0 Å². The Labute approximate surface area is 167 Å². The molecule has 0 radical (unpaired) electrons. The average Bonchev–Trinajstić information content (AvgIpc) is 2.72. The van der Waals surface area contributed by atoms with E-state index < -0.39 is 24.2 Å². The summed E-state index contributed by atoms with van der Waals surface area (Å²) in [7, 11) is 4.31. The Morgan fingerprint density at radius 3 is 2.25 bits per heavy atom. The van der Waals surface area contributed by atoms with Crippen LogP contribution in [-0.2, 0) is 17.5 Å². The SMILES string of the molecule is CC1=CC(N(C)C)=[C]([Ti]([O]c2cccc(C)c2)[SiH](C)C)C1C.Cl.Cl. The molecule has 135 valence electrons. The fourth-order valence-electron chi connectivity index (χ4n) is 2.87. The Bertz CT molecular complexity index is 617. The van der Waals surface area contributed by atoms with E-state index >= 15 is 0 Å². The second-order valence-electron chi connectivity index (χ2n) is 6.74. The summed E-state index contributed by atoms with van der Waals surface area (Å²) < 4.78 is 8.28. The second-order valence-corrected chi connectivity index (χ2v) is 18.9. The maximum atomic E-state index is 6.65. The fraction of sp³-hybridized carbons (Fsp3) is 0.444. The first-order valence-corrected chi connectivity index (χ1v) is 15.0. The van der Waals surface area contributed by atoms with E-state index in [1.165, 1.54) is 16.8 Å². The van der Waals surface area contributed by atoms with Gasteiger partial charge in [-0.2, -0.15) is 0 Å². The molecule has 0 fully saturated rings. The van der Waals surface area contributed by atoms with E-state index in [2.05, 4.69) is 83.2 Å². The zero-order valence-corrected chi connectivity index (χ0v) is 20.1. The first-order chi connectivity index (χ1) is 10.3. The van der Waals surface area contributed by atoms with Crippen molar-refractivity contribution >= 4 is 31.5 Å². The Morgan fingerprint density at radius 1 is 1.12 bits per heavy atom. The zero-order chi connectivity index (χ0) is 16.4. The van der Waals surface area contributed by atoms with Crippen LogP contribution >= 0.6 is 24.8 Å². The van der Waals surface area contributed by atoms with Crippen LogP contribution in [0.1, 0.15) is 19.4 Å². The van der Waals surface area contributed by atoms with E-state index in [0.29, 0.717) is 5.92 Å². The fourth-order valence-corrected chi connectivity index (χ4v) is 12.6. The van der Waals surface area contributed by atoms with E-state index in [1.54, 1.807) is 3.88 Å². The third-order valence-electron chi connectivity index (χ3n) is 4.25. The van der Waals surface area contributed by atoms with Gasteiger partial charge in [-0.1, -0.05) is 0 Å². The average molecular weight is 423 g/mol. The number of hydrogen-bond acceptors (Lipinski definition) is 2. The van der Waals surface area contributed by atoms with Gasteiger partial charge in [-0.25, -0.2) is 0 Å². The van der Waals surface area contributed by atoms with Gasteiger partial charge in [0.15, 0.2) is 0 Å². The summed E-state index contributed by atoms with van der Waals surface area (Å²) in [5.41, 5.74) is 4.16. The molecule has 1 aliphatic rings. The van der Waals surface area contributed by atoms with Crippen molar-refractivity contribution in [1.82, 2.24) is 4.90 Å². The van der Waals surface area contributed by atoms with Crippen molar-refractivity contribution in [3.8, 4) is 5.75 Å². The molecule has 0 N–H and O–H groups in total. The van der Waals surface area contributed by atoms with Gasteiger partial charge in [0, 0.05) is 0 Å². The van der Waals surface area contributed by atoms with Gasteiger partial charge >= 0.3 is 143 Å². The molecule has 0 bridgehead atoms. The van der Waals surface area contributed by atoms with Crippen molar-refractivity contribution in [2.75, 3.05) is 14.1 Å². The number of rotatable bonds is 5. The summed E-state index contributed by atoms with van der Waals surface area (Å²) in [6.07, 6.45) is 2.36. The predicted octanol–water partition coefficient (Wildman–Crippen LogP) is 5.10. The Hall–Kier alpha value is -0.189. The third kappa shape index (κ3) is 5.40. The normalized spacial score (nSPS) is 16.3. The van der Waals surface area contributed by atoms with Gasteiger partial charge in [0.1, 0.15) is 0 Å². The number of nitrogens with zero attached hydrogens (tertiary/aromatic N) is 1. The molecule has 0 spiro atoms. The van der Waals surface area contributed by atoms with Crippen LogP contribution in [0.25, 0.3) is 0 Å². The van der Waals surface area contributed by atoms with E-state index in [1.807, 2.05) is 0 Å². The molecule has 1 aromatic rings. The van der Waals surface area contributed by atoms with Gasteiger partial charge < -0.3 is 0 Å². The predicted molar refractivity (Wildman–Crippen MR) is 109 cm³/mol. The maximum Gasteiger partial charge on any atom is -0.147 e. The minimum Gasteiger partial charge on any atom is -0.147 e. The van der Waals surface area contributed by atoms with Crippen LogP contribution < -0.4 is 3.32 Å². The summed E-state index contributed by atoms with van der Waals surface area (Å²) in [4.78, 5) is 2.27. The molecule has 0 saturated heterocycles. The summed E-state index contributed by atoms with van der Waals surface area (Å²) in [6, 6.07) is 8.53. The van der Waals surface area contributed by atoms with Gasteiger partial charge in [0.05, 0.1) is 0 Å². The van der Waals surface area contributed by atoms with Crippen molar-refractivity contribution in [3.63, 3.8) is 0 Å². The molecule has 2 nitrogen and oxygen atoms in total. The van der Waals surface area contributed by atoms with Gasteiger partial charge in [-0.3, -0.25) is 0 Å². The third-order valence-corrected chi connectivity index (χ3v) is 14.6. The number of likely N-dealkylation sites (N-methyl/N-ethyl adjacent to an activating group) is 1. The van der Waals surface area contributed by atoms with Gasteiger partial charge in [-0.05, 0) is 0 Å². The molecule has 0 saturated carbocycles. The minimum atomic E-state index is -1.72. The molecule has 0 aliphatic heterocycles. The van der Waals surface area contributed by atoms with Gasteiger partial charge in [0.25, 0.3) is 0 Å². The van der Waals surface area contributed by atoms with Crippen molar-refractivity contribution in [2.24, 2.45) is 5.92 Å². The monoisotopic (exact) mass is 422 g/mol. The summed E-state index contributed by atoms with van der Waals surface area (Å²) in [5, 5.41) is 0. The van der Waals surface area contributed by atoms with Crippen LogP contribution in [0.15, 0.2) is 45.5 Å². The smallest absolute Gasteiger partial charge is 0.147 e. The number of hydrogen-bond donors (Lipinski definition) is 0. The molecule has 1 aliphatic carbocycles. The topological polar surface area (TPSA) is 12.5 Å². The van der Waals surface area contributed by atoms with Gasteiger partial charge in [0.2, 0.25) is 0 Å². The Balaban J connectivity index is 0.00000264. The first kappa shape index (κ1) is 23.8. The summed E-state index contributed by atoms with van der Waals surface area (Å²) in [5.74, 6) is 1.62. The van der Waals surface area contributed by atoms with Crippen molar-refractivity contribution in [3.05, 3.63) is 51.1 Å². The van der Waals surface area contributed by atoms with Crippen LogP contribution in [0.3, 0.4) is 0 Å². The van der Waals surface area contributed by atoms with Crippen LogP contribution in [-0.4, -0.2) is 25.7 Å². The molecule has 1 atom stereocenters. The molecule has 6 heteroatoms. The van der Waals surface area contributed by atoms with Crippen molar-refractivity contribution in [2.45, 2.75) is 33.9 Å². The summed E-state index contributed by atoms with van der Waals surface area (Å²) >= 11 is -1.72. The van der Waals surface area contributed by atoms with Crippen LogP contribution in [0.2, 0.25) is 13.1 Å². The quantitative estimate of drug-likeness (QED) is 0.611. The minimum absolute atomic E-state index is 0. The van der Waals surface area contributed by atoms with E-state index in [-0.39, 0.29) is 24.8 Å². The van der Waals surface area contributed by atoms with E-state index in [4.69, 9.17) is 3.32 Å². The van der Waals surface area contributed by atoms with Crippen molar-refractivity contribution in [1.29, 1.82) is 0 Å². The molecule has 1 unspecified atom stereocenters. The molecule has 0 amide bonds. The molecule has 0 aromatic heterocycles. The molecular formula is C18H30Cl2NOSiTi. The van der Waals surface area contributed by atoms with Crippen LogP contribution in [0, 0.1) is 12.8 Å². The maximum absolute atomic E-state index is 6.65. The van der Waals surface area contributed by atoms with Crippen LogP contribution in [0.4, 0.5) is 0 Å². The number of halogens is 2. The Kier molecular flexibility index (Phi) is 10.0. The van der Waals surface area contributed by atoms with Crippen LogP contribution in [0.5, 0.6) is 5.75 Å². The first-order valence-electron chi connectivity index (χ1n) is 8.02. The standard InChI is InChI=1S/C9H14N.C7H8O.C2H7Si.2ClH.Ti/c1-7-5-9(10(3)4)6-8(7)2;1-6-3-2-4-7(8)5-6;1-3-2;;;/h5,8H,1-4H3;2-5,8H,1H3;3H,1-2H3;2*1H;/q;;;;;+1/p-1. The van der Waals surface area contributed by atoms with Gasteiger partial charge in [-0.15, -0.1) is 24.8 Å². The van der Waals surface area contributed by atoms with E-state index in [0.717, 1.165) is 5.75 Å². The Morgan fingerprint density at radius 2 is 1.75 bits per heavy atom. The largest absolute Gasteiger partial charge is 0.147 e. The number of benzene rings is 1.